The third-order valence-corrected chi connectivity index (χ3v) is 3.10. The highest BCUT2D eigenvalue weighted by molar-refractivity contribution is 5.38. The Balaban J connectivity index is 1.88. The fourth-order valence-electron chi connectivity index (χ4n) is 1.92. The summed E-state index contributed by atoms with van der Waals surface area (Å²) in [6, 6.07) is 0. The minimum Gasteiger partial charge on any atom is -0.378 e. The van der Waals surface area contributed by atoms with Crippen LogP contribution in [0.5, 0.6) is 0 Å². The molecule has 0 amide bonds. The van der Waals surface area contributed by atoms with Crippen molar-refractivity contribution >= 4 is 11.9 Å². The highest BCUT2D eigenvalue weighted by Crippen LogP contribution is 2.38. The number of hydrogen-bond donors (Lipinski definition) is 1. The van der Waals surface area contributed by atoms with Crippen LogP contribution in [0.3, 0.4) is 0 Å². The van der Waals surface area contributed by atoms with Crippen molar-refractivity contribution in [1.29, 1.82) is 0 Å². The molecule has 6 nitrogen and oxygen atoms in total. The van der Waals surface area contributed by atoms with E-state index in [4.69, 9.17) is 4.74 Å². The molecule has 1 N–H and O–H groups in total. The van der Waals surface area contributed by atoms with Crippen LogP contribution in [-0.2, 0) is 4.74 Å². The van der Waals surface area contributed by atoms with Gasteiger partial charge in [0.1, 0.15) is 5.82 Å². The van der Waals surface area contributed by atoms with Gasteiger partial charge < -0.3 is 15.0 Å². The molecule has 2 fully saturated rings. The van der Waals surface area contributed by atoms with E-state index in [9.17, 15) is 0 Å². The van der Waals surface area contributed by atoms with E-state index in [1.807, 2.05) is 7.05 Å². The van der Waals surface area contributed by atoms with Gasteiger partial charge in [0.15, 0.2) is 0 Å². The Bertz CT molecular complexity index is 401. The van der Waals surface area contributed by atoms with E-state index in [-0.39, 0.29) is 0 Å². The van der Waals surface area contributed by atoms with Crippen molar-refractivity contribution in [3.63, 3.8) is 0 Å². The molecular weight excluding hydrogens is 218 g/mol. The Morgan fingerprint density at radius 3 is 2.59 bits per heavy atom. The fourth-order valence-corrected chi connectivity index (χ4v) is 1.92. The minimum atomic E-state index is 0.546. The lowest BCUT2D eigenvalue weighted by Crippen LogP contribution is -2.37. The number of aromatic nitrogens is 3. The molecule has 0 unspecified atom stereocenters. The molecule has 1 aliphatic heterocycles. The van der Waals surface area contributed by atoms with Gasteiger partial charge in [0.2, 0.25) is 11.9 Å². The zero-order valence-corrected chi connectivity index (χ0v) is 10.0. The van der Waals surface area contributed by atoms with E-state index in [0.29, 0.717) is 11.9 Å². The van der Waals surface area contributed by atoms with Crippen molar-refractivity contribution in [3.8, 4) is 0 Å². The molecule has 92 valence electrons. The Hall–Kier alpha value is -1.43. The van der Waals surface area contributed by atoms with Gasteiger partial charge in [0, 0.05) is 26.1 Å². The minimum absolute atomic E-state index is 0.546. The Labute approximate surface area is 100 Å². The molecule has 1 aliphatic carbocycles. The van der Waals surface area contributed by atoms with Crippen LogP contribution in [0.2, 0.25) is 0 Å². The van der Waals surface area contributed by atoms with Gasteiger partial charge in [-0.3, -0.25) is 0 Å². The van der Waals surface area contributed by atoms with Gasteiger partial charge in [-0.15, -0.1) is 0 Å². The molecule has 0 atom stereocenters. The average molecular weight is 235 g/mol. The number of nitrogens with zero attached hydrogens (tertiary/aromatic N) is 4. The van der Waals surface area contributed by atoms with Crippen molar-refractivity contribution in [1.82, 2.24) is 15.0 Å². The van der Waals surface area contributed by atoms with E-state index in [1.54, 1.807) is 0 Å². The van der Waals surface area contributed by atoms with Gasteiger partial charge in [-0.25, -0.2) is 0 Å². The van der Waals surface area contributed by atoms with Crippen LogP contribution in [0.1, 0.15) is 24.6 Å². The van der Waals surface area contributed by atoms with E-state index in [0.717, 1.165) is 38.1 Å². The van der Waals surface area contributed by atoms with Crippen molar-refractivity contribution in [2.75, 3.05) is 43.6 Å². The molecule has 17 heavy (non-hydrogen) atoms. The van der Waals surface area contributed by atoms with Crippen LogP contribution in [0, 0.1) is 0 Å². The maximum absolute atomic E-state index is 5.34. The van der Waals surface area contributed by atoms with Crippen LogP contribution in [0.4, 0.5) is 11.9 Å². The molecule has 1 aromatic heterocycles. The Morgan fingerprint density at radius 1 is 1.18 bits per heavy atom. The molecular formula is C11H17N5O. The summed E-state index contributed by atoms with van der Waals surface area (Å²) in [6.07, 6.45) is 2.41. The maximum atomic E-state index is 5.34. The molecule has 0 spiro atoms. The van der Waals surface area contributed by atoms with Crippen molar-refractivity contribution in [2.24, 2.45) is 0 Å². The van der Waals surface area contributed by atoms with Gasteiger partial charge >= 0.3 is 0 Å². The lowest BCUT2D eigenvalue weighted by atomic mass is 10.4. The zero-order valence-electron chi connectivity index (χ0n) is 10.0. The van der Waals surface area contributed by atoms with E-state index in [1.165, 1.54) is 12.8 Å². The van der Waals surface area contributed by atoms with Crippen LogP contribution in [-0.4, -0.2) is 48.3 Å². The first kappa shape index (κ1) is 10.7. The monoisotopic (exact) mass is 235 g/mol. The molecule has 0 aromatic carbocycles. The molecule has 3 rings (SSSR count). The summed E-state index contributed by atoms with van der Waals surface area (Å²) in [7, 11) is 1.84. The normalized spacial score (nSPS) is 20.4. The van der Waals surface area contributed by atoms with Gasteiger partial charge in [0.25, 0.3) is 0 Å². The number of rotatable bonds is 3. The first-order valence-electron chi connectivity index (χ1n) is 6.13. The molecule has 2 heterocycles. The summed E-state index contributed by atoms with van der Waals surface area (Å²) < 4.78 is 5.34. The van der Waals surface area contributed by atoms with Crippen LogP contribution in [0.15, 0.2) is 0 Å². The third kappa shape index (κ3) is 2.31. The van der Waals surface area contributed by atoms with Gasteiger partial charge in [0.05, 0.1) is 13.2 Å². The number of anilines is 2. The van der Waals surface area contributed by atoms with Crippen LogP contribution < -0.4 is 10.2 Å². The standard InChI is InChI=1S/C11H17N5O/c1-12-10-13-9(8-2-3-8)14-11(15-10)16-4-6-17-7-5-16/h8H,2-7H2,1H3,(H,12,13,14,15). The predicted molar refractivity (Wildman–Crippen MR) is 64.4 cm³/mol. The van der Waals surface area contributed by atoms with Crippen molar-refractivity contribution < 1.29 is 4.74 Å². The summed E-state index contributed by atoms with van der Waals surface area (Å²) in [5.41, 5.74) is 0. The number of hydrogen-bond acceptors (Lipinski definition) is 6. The van der Waals surface area contributed by atoms with Crippen molar-refractivity contribution in [3.05, 3.63) is 5.82 Å². The molecule has 6 heteroatoms. The predicted octanol–water partition coefficient (Wildman–Crippen LogP) is 0.627. The van der Waals surface area contributed by atoms with Crippen molar-refractivity contribution in [2.45, 2.75) is 18.8 Å². The maximum Gasteiger partial charge on any atom is 0.230 e. The average Bonchev–Trinajstić information content (AvgIpc) is 3.23. The van der Waals surface area contributed by atoms with E-state index < -0.39 is 0 Å². The first-order valence-corrected chi connectivity index (χ1v) is 6.13. The zero-order chi connectivity index (χ0) is 11.7. The van der Waals surface area contributed by atoms with E-state index in [2.05, 4.69) is 25.2 Å². The number of nitrogens with one attached hydrogen (secondary N) is 1. The third-order valence-electron chi connectivity index (χ3n) is 3.10. The van der Waals surface area contributed by atoms with Crippen LogP contribution in [0.25, 0.3) is 0 Å². The molecule has 0 radical (unpaired) electrons. The second-order valence-corrected chi connectivity index (χ2v) is 4.44. The summed E-state index contributed by atoms with van der Waals surface area (Å²) in [6.45, 7) is 3.22. The highest BCUT2D eigenvalue weighted by Gasteiger charge is 2.28. The van der Waals surface area contributed by atoms with Gasteiger partial charge in [-0.05, 0) is 12.8 Å². The summed E-state index contributed by atoms with van der Waals surface area (Å²) >= 11 is 0. The highest BCUT2D eigenvalue weighted by atomic mass is 16.5. The molecule has 1 saturated carbocycles. The lowest BCUT2D eigenvalue weighted by molar-refractivity contribution is 0.122. The molecule has 2 aliphatic rings. The quantitative estimate of drug-likeness (QED) is 0.829. The second-order valence-electron chi connectivity index (χ2n) is 4.44. The first-order chi connectivity index (χ1) is 8.36. The van der Waals surface area contributed by atoms with Gasteiger partial charge in [-0.1, -0.05) is 0 Å². The van der Waals surface area contributed by atoms with Crippen LogP contribution >= 0.6 is 0 Å². The molecule has 1 saturated heterocycles. The molecule has 0 bridgehead atoms. The summed E-state index contributed by atoms with van der Waals surface area (Å²) in [5, 5.41) is 3.01. The second kappa shape index (κ2) is 4.44. The SMILES string of the molecule is CNc1nc(C2CC2)nc(N2CCOCC2)n1. The Morgan fingerprint density at radius 2 is 1.94 bits per heavy atom. The Kier molecular flexibility index (Phi) is 2.80. The van der Waals surface area contributed by atoms with Gasteiger partial charge in [-0.2, -0.15) is 15.0 Å². The summed E-state index contributed by atoms with van der Waals surface area (Å²) in [5.74, 6) is 2.94. The largest absolute Gasteiger partial charge is 0.378 e. The van der Waals surface area contributed by atoms with E-state index >= 15 is 0 Å². The smallest absolute Gasteiger partial charge is 0.230 e. The fraction of sp³-hybridized carbons (Fsp3) is 0.727. The summed E-state index contributed by atoms with van der Waals surface area (Å²) in [4.78, 5) is 15.6. The topological polar surface area (TPSA) is 63.2 Å². The lowest BCUT2D eigenvalue weighted by Gasteiger charge is -2.27. The number of ether oxygens (including phenoxy) is 1. The molecule has 1 aromatic rings. The number of morpholine rings is 1.